The average molecular weight is 289 g/mol. The number of hydrogen-bond donors (Lipinski definition) is 2. The Morgan fingerprint density at radius 2 is 1.90 bits per heavy atom. The smallest absolute Gasteiger partial charge is 0.307 e. The van der Waals surface area contributed by atoms with Gasteiger partial charge in [0.1, 0.15) is 5.75 Å². The van der Waals surface area contributed by atoms with Gasteiger partial charge in [-0.1, -0.05) is 12.1 Å². The second-order valence-electron chi connectivity index (χ2n) is 5.88. The number of carboxylic acids is 1. The molecule has 0 radical (unpaired) electrons. The Labute approximate surface area is 123 Å². The number of hydrogen-bond acceptors (Lipinski definition) is 3. The number of rotatable bonds is 6. The Balaban J connectivity index is 1.67. The third-order valence-corrected chi connectivity index (χ3v) is 4.31. The number of aliphatic carboxylic acids is 1. The van der Waals surface area contributed by atoms with Gasteiger partial charge in [0.05, 0.1) is 25.0 Å². The van der Waals surface area contributed by atoms with Crippen LogP contribution in [0, 0.1) is 17.8 Å². The minimum Gasteiger partial charge on any atom is -0.497 e. The summed E-state index contributed by atoms with van der Waals surface area (Å²) in [6, 6.07) is 7.67. The average Bonchev–Trinajstić information content (AvgIpc) is 3.37. The van der Waals surface area contributed by atoms with E-state index in [1.165, 1.54) is 0 Å². The third-order valence-electron chi connectivity index (χ3n) is 4.31. The SMILES string of the molecule is COc1ccc([C@H](NC(=O)[C@H]2C[C@H]2C(=O)O)C2CC2)cc1. The number of benzene rings is 1. The Morgan fingerprint density at radius 1 is 1.24 bits per heavy atom. The van der Waals surface area contributed by atoms with Crippen molar-refractivity contribution in [3.8, 4) is 5.75 Å². The normalized spacial score (nSPS) is 25.0. The van der Waals surface area contributed by atoms with Crippen LogP contribution in [-0.2, 0) is 9.59 Å². The fourth-order valence-electron chi connectivity index (χ4n) is 2.73. The van der Waals surface area contributed by atoms with Crippen LogP contribution in [0.1, 0.15) is 30.9 Å². The van der Waals surface area contributed by atoms with E-state index in [-0.39, 0.29) is 17.9 Å². The summed E-state index contributed by atoms with van der Waals surface area (Å²) in [6.45, 7) is 0. The van der Waals surface area contributed by atoms with Crippen LogP contribution in [0.25, 0.3) is 0 Å². The van der Waals surface area contributed by atoms with E-state index in [1.807, 2.05) is 24.3 Å². The van der Waals surface area contributed by atoms with E-state index in [9.17, 15) is 9.59 Å². The van der Waals surface area contributed by atoms with E-state index in [1.54, 1.807) is 7.11 Å². The summed E-state index contributed by atoms with van der Waals surface area (Å²) in [5, 5.41) is 11.9. The zero-order chi connectivity index (χ0) is 15.0. The lowest BCUT2D eigenvalue weighted by atomic mass is 10.0. The van der Waals surface area contributed by atoms with E-state index in [4.69, 9.17) is 9.84 Å². The maximum Gasteiger partial charge on any atom is 0.307 e. The lowest BCUT2D eigenvalue weighted by Gasteiger charge is -2.19. The van der Waals surface area contributed by atoms with Gasteiger partial charge in [-0.2, -0.15) is 0 Å². The van der Waals surface area contributed by atoms with Crippen molar-refractivity contribution in [3.63, 3.8) is 0 Å². The van der Waals surface area contributed by atoms with Crippen LogP contribution in [-0.4, -0.2) is 24.1 Å². The number of methoxy groups -OCH3 is 1. The van der Waals surface area contributed by atoms with Crippen LogP contribution in [0.3, 0.4) is 0 Å². The molecule has 5 heteroatoms. The van der Waals surface area contributed by atoms with E-state index < -0.39 is 11.9 Å². The second-order valence-corrected chi connectivity index (χ2v) is 5.88. The molecule has 3 atom stereocenters. The molecule has 0 bridgehead atoms. The first kappa shape index (κ1) is 13.9. The van der Waals surface area contributed by atoms with E-state index >= 15 is 0 Å². The molecule has 5 nitrogen and oxygen atoms in total. The fourth-order valence-corrected chi connectivity index (χ4v) is 2.73. The monoisotopic (exact) mass is 289 g/mol. The molecule has 1 aromatic carbocycles. The van der Waals surface area contributed by atoms with E-state index in [0.717, 1.165) is 24.2 Å². The van der Waals surface area contributed by atoms with Gasteiger partial charge in [0.25, 0.3) is 0 Å². The molecule has 0 aliphatic heterocycles. The number of carbonyl (C=O) groups excluding carboxylic acids is 1. The number of carboxylic acid groups (broad SMARTS) is 1. The lowest BCUT2D eigenvalue weighted by Crippen LogP contribution is -2.32. The first-order valence-electron chi connectivity index (χ1n) is 7.27. The molecule has 21 heavy (non-hydrogen) atoms. The van der Waals surface area contributed by atoms with Gasteiger partial charge in [-0.05, 0) is 42.9 Å². The summed E-state index contributed by atoms with van der Waals surface area (Å²) in [5.74, 6) is -0.613. The summed E-state index contributed by atoms with van der Waals surface area (Å²) in [6.07, 6.45) is 2.66. The molecule has 2 N–H and O–H groups in total. The maximum absolute atomic E-state index is 12.2. The van der Waals surface area contributed by atoms with Crippen LogP contribution in [0.4, 0.5) is 0 Å². The minimum atomic E-state index is -0.873. The first-order valence-corrected chi connectivity index (χ1v) is 7.27. The van der Waals surface area contributed by atoms with Crippen molar-refractivity contribution >= 4 is 11.9 Å². The van der Waals surface area contributed by atoms with E-state index in [2.05, 4.69) is 5.32 Å². The van der Waals surface area contributed by atoms with Crippen LogP contribution >= 0.6 is 0 Å². The Hall–Kier alpha value is -2.04. The zero-order valence-electron chi connectivity index (χ0n) is 11.9. The van der Waals surface area contributed by atoms with Crippen molar-refractivity contribution in [2.75, 3.05) is 7.11 Å². The van der Waals surface area contributed by atoms with Crippen LogP contribution in [0.2, 0.25) is 0 Å². The number of ether oxygens (including phenoxy) is 1. The highest BCUT2D eigenvalue weighted by Gasteiger charge is 2.49. The quantitative estimate of drug-likeness (QED) is 0.839. The molecule has 112 valence electrons. The molecule has 0 heterocycles. The maximum atomic E-state index is 12.2. The summed E-state index contributed by atoms with van der Waals surface area (Å²) < 4.78 is 5.14. The first-order chi connectivity index (χ1) is 10.1. The topological polar surface area (TPSA) is 75.6 Å². The molecule has 0 aromatic heterocycles. The van der Waals surface area contributed by atoms with Gasteiger partial charge < -0.3 is 15.2 Å². The minimum absolute atomic E-state index is 0.0153. The largest absolute Gasteiger partial charge is 0.497 e. The molecule has 0 saturated heterocycles. The summed E-state index contributed by atoms with van der Waals surface area (Å²) in [5.41, 5.74) is 1.05. The van der Waals surface area contributed by atoms with Gasteiger partial charge in [0.2, 0.25) is 5.91 Å². The van der Waals surface area contributed by atoms with Gasteiger partial charge in [0.15, 0.2) is 0 Å². The summed E-state index contributed by atoms with van der Waals surface area (Å²) in [7, 11) is 1.62. The van der Waals surface area contributed by atoms with Gasteiger partial charge in [-0.15, -0.1) is 0 Å². The highest BCUT2D eigenvalue weighted by Crippen LogP contribution is 2.43. The standard InChI is InChI=1S/C16H19NO4/c1-21-11-6-4-10(5-7-11)14(9-2-3-9)17-15(18)12-8-13(12)16(19)20/h4-7,9,12-14H,2-3,8H2,1H3,(H,17,18)(H,19,20)/t12-,13+,14+/m0/s1. The zero-order valence-corrected chi connectivity index (χ0v) is 11.9. The Kier molecular flexibility index (Phi) is 3.57. The van der Waals surface area contributed by atoms with Gasteiger partial charge in [-0.3, -0.25) is 9.59 Å². The predicted molar refractivity (Wildman–Crippen MR) is 75.8 cm³/mol. The fraction of sp³-hybridized carbons (Fsp3) is 0.500. The Bertz CT molecular complexity index is 550. The van der Waals surface area contributed by atoms with Gasteiger partial charge in [0, 0.05) is 0 Å². The molecule has 0 unspecified atom stereocenters. The van der Waals surface area contributed by atoms with Crippen molar-refractivity contribution in [2.24, 2.45) is 17.8 Å². The van der Waals surface area contributed by atoms with Crippen LogP contribution in [0.15, 0.2) is 24.3 Å². The van der Waals surface area contributed by atoms with Crippen molar-refractivity contribution < 1.29 is 19.4 Å². The molecule has 1 aromatic rings. The van der Waals surface area contributed by atoms with Crippen LogP contribution < -0.4 is 10.1 Å². The molecule has 0 spiro atoms. The van der Waals surface area contributed by atoms with Crippen molar-refractivity contribution in [1.82, 2.24) is 5.32 Å². The van der Waals surface area contributed by atoms with Crippen molar-refractivity contribution in [2.45, 2.75) is 25.3 Å². The molecule has 1 amide bonds. The number of carbonyl (C=O) groups is 2. The lowest BCUT2D eigenvalue weighted by molar-refractivity contribution is -0.140. The highest BCUT2D eigenvalue weighted by atomic mass is 16.5. The summed E-state index contributed by atoms with van der Waals surface area (Å²) in [4.78, 5) is 23.0. The molecule has 2 aliphatic rings. The van der Waals surface area contributed by atoms with Crippen molar-refractivity contribution in [3.05, 3.63) is 29.8 Å². The van der Waals surface area contributed by atoms with Gasteiger partial charge in [-0.25, -0.2) is 0 Å². The number of amides is 1. The Morgan fingerprint density at radius 3 is 2.38 bits per heavy atom. The summed E-state index contributed by atoms with van der Waals surface area (Å²) >= 11 is 0. The molecule has 2 aliphatic carbocycles. The molecule has 2 fully saturated rings. The third kappa shape index (κ3) is 3.01. The molecular formula is C16H19NO4. The van der Waals surface area contributed by atoms with Gasteiger partial charge >= 0.3 is 5.97 Å². The predicted octanol–water partition coefficient (Wildman–Crippen LogP) is 1.98. The highest BCUT2D eigenvalue weighted by molar-refractivity contribution is 5.89. The number of nitrogens with one attached hydrogen (secondary N) is 1. The van der Waals surface area contributed by atoms with Crippen molar-refractivity contribution in [1.29, 1.82) is 0 Å². The van der Waals surface area contributed by atoms with Crippen LogP contribution in [0.5, 0.6) is 5.75 Å². The second kappa shape index (κ2) is 5.39. The molecule has 3 rings (SSSR count). The van der Waals surface area contributed by atoms with E-state index in [0.29, 0.717) is 12.3 Å². The molecule has 2 saturated carbocycles. The molecular weight excluding hydrogens is 270 g/mol.